The molecule has 0 aromatic carbocycles. The molecular weight excluding hydrogens is 178 g/mol. The second-order valence-corrected chi connectivity index (χ2v) is 2.89. The van der Waals surface area contributed by atoms with Gasteiger partial charge in [0.1, 0.15) is 6.61 Å². The maximum Gasteiger partial charge on any atom is 0.328 e. The van der Waals surface area contributed by atoms with Gasteiger partial charge in [-0.15, -0.1) is 0 Å². The van der Waals surface area contributed by atoms with Gasteiger partial charge in [-0.1, -0.05) is 0 Å². The Labute approximate surface area is 74.7 Å². The summed E-state index contributed by atoms with van der Waals surface area (Å²) in [7, 11) is 0. The van der Waals surface area contributed by atoms with Crippen LogP contribution in [0.3, 0.4) is 0 Å². The van der Waals surface area contributed by atoms with Gasteiger partial charge in [0.05, 0.1) is 12.5 Å². The molecule has 2 unspecified atom stereocenters. The van der Waals surface area contributed by atoms with E-state index in [0.29, 0.717) is 0 Å². The fourth-order valence-corrected chi connectivity index (χ4v) is 1.02. The number of aliphatic hydroxyl groups excluding tert-OH is 1. The summed E-state index contributed by atoms with van der Waals surface area (Å²) in [6.45, 7) is 1.31. The Hall–Kier alpha value is -1.14. The lowest BCUT2D eigenvalue weighted by atomic mass is 10.2. The standard InChI is InChI=1S/C7H11NO5/c1-4(7(11)12)8-6(10)2-5(9)3-13-8/h4-5,9H,2-3H2,1H3,(H,11,12). The zero-order chi connectivity index (χ0) is 10.0. The van der Waals surface area contributed by atoms with E-state index in [1.165, 1.54) is 6.92 Å². The molecule has 1 aliphatic rings. The molecule has 2 N–H and O–H groups in total. The number of nitrogens with zero attached hydrogens (tertiary/aromatic N) is 1. The van der Waals surface area contributed by atoms with E-state index in [1.54, 1.807) is 0 Å². The van der Waals surface area contributed by atoms with Crippen molar-refractivity contribution in [2.24, 2.45) is 0 Å². The van der Waals surface area contributed by atoms with Crippen LogP contribution in [-0.2, 0) is 14.4 Å². The van der Waals surface area contributed by atoms with Crippen LogP contribution in [-0.4, -0.2) is 45.9 Å². The van der Waals surface area contributed by atoms with Crippen molar-refractivity contribution in [3.8, 4) is 0 Å². The number of carboxylic acid groups (broad SMARTS) is 1. The number of amides is 1. The first-order valence-corrected chi connectivity index (χ1v) is 3.88. The lowest BCUT2D eigenvalue weighted by Crippen LogP contribution is -2.49. The molecule has 1 heterocycles. The quantitative estimate of drug-likeness (QED) is 0.580. The topological polar surface area (TPSA) is 87.1 Å². The van der Waals surface area contributed by atoms with Gasteiger partial charge in [-0.3, -0.25) is 9.63 Å². The Bertz CT molecular complexity index is 229. The van der Waals surface area contributed by atoms with Crippen molar-refractivity contribution in [3.63, 3.8) is 0 Å². The van der Waals surface area contributed by atoms with Crippen molar-refractivity contribution < 1.29 is 24.6 Å². The molecule has 0 aromatic rings. The molecule has 0 bridgehead atoms. The highest BCUT2D eigenvalue weighted by atomic mass is 16.7. The fourth-order valence-electron chi connectivity index (χ4n) is 1.02. The molecule has 0 aromatic heterocycles. The molecule has 0 aliphatic carbocycles. The lowest BCUT2D eigenvalue weighted by molar-refractivity contribution is -0.228. The van der Waals surface area contributed by atoms with Crippen molar-refractivity contribution in [3.05, 3.63) is 0 Å². The van der Waals surface area contributed by atoms with Crippen LogP contribution in [0.5, 0.6) is 0 Å². The molecule has 6 nitrogen and oxygen atoms in total. The third-order valence-corrected chi connectivity index (χ3v) is 1.77. The summed E-state index contributed by atoms with van der Waals surface area (Å²) in [5, 5.41) is 18.4. The third kappa shape index (κ3) is 2.16. The first-order valence-electron chi connectivity index (χ1n) is 3.88. The van der Waals surface area contributed by atoms with Crippen LogP contribution in [0.15, 0.2) is 0 Å². The molecule has 1 saturated heterocycles. The molecule has 6 heteroatoms. The number of carbonyl (C=O) groups excluding carboxylic acids is 1. The zero-order valence-corrected chi connectivity index (χ0v) is 7.14. The number of hydrogen-bond acceptors (Lipinski definition) is 4. The van der Waals surface area contributed by atoms with E-state index in [2.05, 4.69) is 0 Å². The van der Waals surface area contributed by atoms with Crippen LogP contribution in [0, 0.1) is 0 Å². The molecule has 2 atom stereocenters. The van der Waals surface area contributed by atoms with E-state index < -0.39 is 24.0 Å². The predicted octanol–water partition coefficient (Wildman–Crippen LogP) is -1.02. The van der Waals surface area contributed by atoms with Crippen LogP contribution in [0.2, 0.25) is 0 Å². The van der Waals surface area contributed by atoms with E-state index in [-0.39, 0.29) is 13.0 Å². The molecule has 0 spiro atoms. The lowest BCUT2D eigenvalue weighted by Gasteiger charge is -2.30. The van der Waals surface area contributed by atoms with E-state index in [1.807, 2.05) is 0 Å². The molecule has 1 aliphatic heterocycles. The highest BCUT2D eigenvalue weighted by Crippen LogP contribution is 2.12. The van der Waals surface area contributed by atoms with Crippen molar-refractivity contribution in [2.45, 2.75) is 25.5 Å². The maximum absolute atomic E-state index is 11.1. The van der Waals surface area contributed by atoms with Crippen molar-refractivity contribution in [1.29, 1.82) is 0 Å². The summed E-state index contributed by atoms with van der Waals surface area (Å²) in [5.41, 5.74) is 0. The van der Waals surface area contributed by atoms with Gasteiger partial charge in [-0.25, -0.2) is 9.86 Å². The fraction of sp³-hybridized carbons (Fsp3) is 0.714. The summed E-state index contributed by atoms with van der Waals surface area (Å²) in [4.78, 5) is 26.4. The SMILES string of the molecule is CC(C(=O)O)N1OCC(O)CC1=O. The minimum absolute atomic E-state index is 0.0383. The van der Waals surface area contributed by atoms with E-state index in [0.717, 1.165) is 5.06 Å². The van der Waals surface area contributed by atoms with E-state index >= 15 is 0 Å². The normalized spacial score (nSPS) is 25.8. The van der Waals surface area contributed by atoms with Gasteiger partial charge in [0, 0.05) is 0 Å². The Morgan fingerprint density at radius 3 is 2.85 bits per heavy atom. The number of carbonyl (C=O) groups is 2. The van der Waals surface area contributed by atoms with Gasteiger partial charge in [0.15, 0.2) is 6.04 Å². The number of aliphatic hydroxyl groups is 1. The highest BCUT2D eigenvalue weighted by molar-refractivity contribution is 5.83. The minimum Gasteiger partial charge on any atom is -0.480 e. The van der Waals surface area contributed by atoms with Gasteiger partial charge in [0.25, 0.3) is 0 Å². The molecule has 74 valence electrons. The van der Waals surface area contributed by atoms with Crippen molar-refractivity contribution >= 4 is 11.9 Å². The number of rotatable bonds is 2. The molecule has 0 radical (unpaired) electrons. The zero-order valence-electron chi connectivity index (χ0n) is 7.14. The number of hydrogen-bond donors (Lipinski definition) is 2. The van der Waals surface area contributed by atoms with Gasteiger partial charge in [0.2, 0.25) is 5.91 Å². The Morgan fingerprint density at radius 2 is 2.38 bits per heavy atom. The largest absolute Gasteiger partial charge is 0.480 e. The second-order valence-electron chi connectivity index (χ2n) is 2.89. The van der Waals surface area contributed by atoms with Crippen molar-refractivity contribution in [1.82, 2.24) is 5.06 Å². The molecule has 1 fully saturated rings. The highest BCUT2D eigenvalue weighted by Gasteiger charge is 2.32. The number of hydroxylamine groups is 2. The van der Waals surface area contributed by atoms with Crippen LogP contribution >= 0.6 is 0 Å². The van der Waals surface area contributed by atoms with E-state index in [9.17, 15) is 9.59 Å². The summed E-state index contributed by atoms with van der Waals surface area (Å²) in [6, 6.07) is -1.01. The Kier molecular flexibility index (Phi) is 2.84. The van der Waals surface area contributed by atoms with Crippen LogP contribution < -0.4 is 0 Å². The van der Waals surface area contributed by atoms with Crippen LogP contribution in [0.25, 0.3) is 0 Å². The summed E-state index contributed by atoms with van der Waals surface area (Å²) in [5.74, 6) is -1.64. The van der Waals surface area contributed by atoms with Crippen LogP contribution in [0.1, 0.15) is 13.3 Å². The Balaban J connectivity index is 2.61. The average molecular weight is 189 g/mol. The van der Waals surface area contributed by atoms with Gasteiger partial charge < -0.3 is 10.2 Å². The van der Waals surface area contributed by atoms with Crippen LogP contribution in [0.4, 0.5) is 0 Å². The van der Waals surface area contributed by atoms with Gasteiger partial charge >= 0.3 is 5.97 Å². The molecular formula is C7H11NO5. The summed E-state index contributed by atoms with van der Waals surface area (Å²) < 4.78 is 0. The molecule has 13 heavy (non-hydrogen) atoms. The van der Waals surface area contributed by atoms with Crippen molar-refractivity contribution in [2.75, 3.05) is 6.61 Å². The van der Waals surface area contributed by atoms with Gasteiger partial charge in [-0.2, -0.15) is 0 Å². The predicted molar refractivity (Wildman–Crippen MR) is 40.5 cm³/mol. The maximum atomic E-state index is 11.1. The second kappa shape index (κ2) is 3.71. The smallest absolute Gasteiger partial charge is 0.328 e. The Morgan fingerprint density at radius 1 is 1.77 bits per heavy atom. The average Bonchev–Trinajstić information content (AvgIpc) is 2.03. The number of carboxylic acids is 1. The monoisotopic (exact) mass is 189 g/mol. The third-order valence-electron chi connectivity index (χ3n) is 1.77. The minimum atomic E-state index is -1.13. The molecule has 1 rings (SSSR count). The summed E-state index contributed by atoms with van der Waals surface area (Å²) >= 11 is 0. The number of aliphatic carboxylic acids is 1. The molecule has 1 amide bonds. The van der Waals surface area contributed by atoms with Gasteiger partial charge in [-0.05, 0) is 6.92 Å². The van der Waals surface area contributed by atoms with E-state index in [4.69, 9.17) is 15.1 Å². The first-order chi connectivity index (χ1) is 6.02. The summed E-state index contributed by atoms with van der Waals surface area (Å²) in [6.07, 6.45) is -0.915. The first kappa shape index (κ1) is 9.94. The molecule has 0 saturated carbocycles.